The number of carbonyl (C=O) groups is 3. The molecule has 28 heavy (non-hydrogen) atoms. The Morgan fingerprint density at radius 3 is 2.86 bits per heavy atom. The Bertz CT molecular complexity index is 987. The van der Waals surface area contributed by atoms with Crippen LogP contribution >= 0.6 is 27.3 Å². The minimum atomic E-state index is -0.793. The number of fused-ring (bicyclic) bond motifs is 1. The van der Waals surface area contributed by atoms with Crippen LogP contribution in [-0.2, 0) is 27.2 Å². The topological polar surface area (TPSA) is 98.5 Å². The van der Waals surface area contributed by atoms with Gasteiger partial charge in [-0.25, -0.2) is 9.18 Å². The van der Waals surface area contributed by atoms with Gasteiger partial charge in [0.15, 0.2) is 6.61 Å². The van der Waals surface area contributed by atoms with Crippen molar-refractivity contribution < 1.29 is 23.5 Å². The fourth-order valence-electron chi connectivity index (χ4n) is 2.90. The molecule has 1 aliphatic carbocycles. The number of benzene rings is 1. The number of ether oxygens (including phenoxy) is 1. The summed E-state index contributed by atoms with van der Waals surface area (Å²) in [6, 6.07) is 4.31. The third-order valence-corrected chi connectivity index (χ3v) is 5.82. The van der Waals surface area contributed by atoms with Crippen molar-refractivity contribution in [1.82, 2.24) is 0 Å². The van der Waals surface area contributed by atoms with Crippen LogP contribution < -0.4 is 11.1 Å². The fraction of sp³-hybridized carbons (Fsp3) is 0.211. The molecule has 3 N–H and O–H groups in total. The van der Waals surface area contributed by atoms with Crippen molar-refractivity contribution in [1.29, 1.82) is 0 Å². The van der Waals surface area contributed by atoms with Gasteiger partial charge in [0.2, 0.25) is 0 Å². The maximum absolute atomic E-state index is 13.6. The van der Waals surface area contributed by atoms with Gasteiger partial charge in [-0.05, 0) is 49.1 Å². The van der Waals surface area contributed by atoms with Gasteiger partial charge in [0.25, 0.3) is 11.8 Å². The zero-order valence-corrected chi connectivity index (χ0v) is 17.0. The largest absolute Gasteiger partial charge is 0.452 e. The summed E-state index contributed by atoms with van der Waals surface area (Å²) < 4.78 is 19.1. The molecule has 1 aromatic heterocycles. The smallest absolute Gasteiger partial charge is 0.331 e. The number of thiophene rings is 1. The molecule has 9 heteroatoms. The number of hydrogen-bond donors (Lipinski definition) is 2. The molecular formula is C19H16BrFN2O4S. The monoisotopic (exact) mass is 466 g/mol. The van der Waals surface area contributed by atoms with Gasteiger partial charge in [0, 0.05) is 21.0 Å². The summed E-state index contributed by atoms with van der Waals surface area (Å²) in [5.74, 6) is -2.46. The maximum atomic E-state index is 13.6. The highest BCUT2D eigenvalue weighted by Crippen LogP contribution is 2.38. The molecule has 146 valence electrons. The van der Waals surface area contributed by atoms with Gasteiger partial charge in [-0.3, -0.25) is 9.59 Å². The molecule has 0 saturated carbocycles. The Morgan fingerprint density at radius 2 is 2.11 bits per heavy atom. The molecule has 1 aromatic carbocycles. The lowest BCUT2D eigenvalue weighted by molar-refractivity contribution is -0.142. The first kappa shape index (κ1) is 20.2. The Balaban J connectivity index is 1.57. The number of hydrogen-bond acceptors (Lipinski definition) is 5. The molecule has 0 bridgehead atoms. The lowest BCUT2D eigenvalue weighted by atomic mass is 10.1. The number of amides is 2. The number of rotatable bonds is 6. The van der Waals surface area contributed by atoms with E-state index < -0.39 is 30.2 Å². The molecule has 1 heterocycles. The van der Waals surface area contributed by atoms with Gasteiger partial charge in [0.05, 0.1) is 5.56 Å². The van der Waals surface area contributed by atoms with Crippen LogP contribution in [0.1, 0.15) is 32.8 Å². The minimum absolute atomic E-state index is 0.204. The lowest BCUT2D eigenvalue weighted by Gasteiger charge is -2.06. The zero-order valence-electron chi connectivity index (χ0n) is 14.6. The van der Waals surface area contributed by atoms with Crippen molar-refractivity contribution >= 4 is 56.1 Å². The number of carbonyl (C=O) groups excluding carboxylic acids is 3. The molecule has 3 rings (SSSR count). The van der Waals surface area contributed by atoms with Crippen LogP contribution in [0.5, 0.6) is 0 Å². The van der Waals surface area contributed by atoms with Gasteiger partial charge >= 0.3 is 5.97 Å². The Morgan fingerprint density at radius 1 is 1.32 bits per heavy atom. The lowest BCUT2D eigenvalue weighted by Crippen LogP contribution is -2.22. The van der Waals surface area contributed by atoms with E-state index in [2.05, 4.69) is 21.2 Å². The van der Waals surface area contributed by atoms with Crippen molar-refractivity contribution in [2.45, 2.75) is 19.3 Å². The summed E-state index contributed by atoms with van der Waals surface area (Å²) in [5, 5.41) is 2.96. The van der Waals surface area contributed by atoms with Crippen molar-refractivity contribution in [3.05, 3.63) is 56.1 Å². The molecule has 2 amide bonds. The number of esters is 1. The van der Waals surface area contributed by atoms with Crippen LogP contribution in [0.2, 0.25) is 0 Å². The van der Waals surface area contributed by atoms with Crippen molar-refractivity contribution in [2.24, 2.45) is 5.73 Å². The second kappa shape index (κ2) is 8.66. The average molecular weight is 467 g/mol. The van der Waals surface area contributed by atoms with Gasteiger partial charge in [-0.15, -0.1) is 11.3 Å². The van der Waals surface area contributed by atoms with Crippen LogP contribution in [0, 0.1) is 5.82 Å². The van der Waals surface area contributed by atoms with Gasteiger partial charge in [0.1, 0.15) is 10.8 Å². The summed E-state index contributed by atoms with van der Waals surface area (Å²) in [6.07, 6.45) is 4.86. The van der Waals surface area contributed by atoms with Gasteiger partial charge in [-0.1, -0.05) is 15.9 Å². The standard InChI is InChI=1S/C19H16BrFN2O4S/c20-11-5-6-13(21)10(8-11)4-7-16(25)27-9-15(24)23-19-17(18(22)26)12-2-1-3-14(12)28-19/h4-8H,1-3,9H2,(H2,22,26)(H,23,24)/b7-4+. The van der Waals surface area contributed by atoms with Crippen LogP contribution in [0.15, 0.2) is 28.7 Å². The molecule has 6 nitrogen and oxygen atoms in total. The van der Waals surface area contributed by atoms with E-state index in [4.69, 9.17) is 10.5 Å². The zero-order chi connectivity index (χ0) is 20.3. The molecule has 0 saturated heterocycles. The first-order valence-corrected chi connectivity index (χ1v) is 10.00. The maximum Gasteiger partial charge on any atom is 0.331 e. The van der Waals surface area contributed by atoms with Crippen LogP contribution in [-0.4, -0.2) is 24.4 Å². The Kier molecular flexibility index (Phi) is 6.25. The highest BCUT2D eigenvalue weighted by atomic mass is 79.9. The second-order valence-corrected chi connectivity index (χ2v) is 8.10. The number of primary amides is 1. The fourth-order valence-corrected chi connectivity index (χ4v) is 4.59. The predicted molar refractivity (Wildman–Crippen MR) is 108 cm³/mol. The Labute approximate surface area is 172 Å². The molecule has 0 unspecified atom stereocenters. The van der Waals surface area contributed by atoms with Crippen molar-refractivity contribution in [3.8, 4) is 0 Å². The van der Waals surface area contributed by atoms with Crippen molar-refractivity contribution in [3.63, 3.8) is 0 Å². The van der Waals surface area contributed by atoms with E-state index in [0.717, 1.165) is 35.8 Å². The molecule has 0 spiro atoms. The van der Waals surface area contributed by atoms with E-state index in [1.54, 1.807) is 0 Å². The van der Waals surface area contributed by atoms with Gasteiger partial charge < -0.3 is 15.8 Å². The number of halogens is 2. The summed E-state index contributed by atoms with van der Waals surface area (Å²) in [5.41, 5.74) is 6.87. The average Bonchev–Trinajstić information content (AvgIpc) is 3.21. The third kappa shape index (κ3) is 4.66. The first-order chi connectivity index (χ1) is 13.3. The first-order valence-electron chi connectivity index (χ1n) is 8.39. The number of aryl methyl sites for hydroxylation is 1. The summed E-state index contributed by atoms with van der Waals surface area (Å²) in [7, 11) is 0. The normalized spacial score (nSPS) is 12.8. The number of anilines is 1. The number of nitrogens with one attached hydrogen (secondary N) is 1. The van der Waals surface area contributed by atoms with E-state index in [-0.39, 0.29) is 5.56 Å². The molecule has 0 aliphatic heterocycles. The van der Waals surface area contributed by atoms with E-state index in [1.165, 1.54) is 35.6 Å². The van der Waals surface area contributed by atoms with E-state index in [9.17, 15) is 18.8 Å². The summed E-state index contributed by atoms with van der Waals surface area (Å²) >= 11 is 4.53. The highest BCUT2D eigenvalue weighted by Gasteiger charge is 2.26. The summed E-state index contributed by atoms with van der Waals surface area (Å²) in [6.45, 7) is -0.537. The van der Waals surface area contributed by atoms with E-state index >= 15 is 0 Å². The summed E-state index contributed by atoms with van der Waals surface area (Å²) in [4.78, 5) is 36.6. The molecular weight excluding hydrogens is 451 g/mol. The second-order valence-electron chi connectivity index (χ2n) is 6.08. The Hall–Kier alpha value is -2.52. The molecule has 1 aliphatic rings. The predicted octanol–water partition coefficient (Wildman–Crippen LogP) is 3.43. The van der Waals surface area contributed by atoms with Crippen LogP contribution in [0.3, 0.4) is 0 Å². The van der Waals surface area contributed by atoms with E-state index in [1.807, 2.05) is 0 Å². The third-order valence-electron chi connectivity index (χ3n) is 4.12. The SMILES string of the molecule is NC(=O)c1c(NC(=O)COC(=O)/C=C/c2cc(Br)ccc2F)sc2c1CCC2. The molecule has 0 radical (unpaired) electrons. The van der Waals surface area contributed by atoms with E-state index in [0.29, 0.717) is 15.0 Å². The molecule has 2 aromatic rings. The van der Waals surface area contributed by atoms with Crippen LogP contribution in [0.4, 0.5) is 9.39 Å². The van der Waals surface area contributed by atoms with Gasteiger partial charge in [-0.2, -0.15) is 0 Å². The van der Waals surface area contributed by atoms with Crippen LogP contribution in [0.25, 0.3) is 6.08 Å². The number of nitrogens with two attached hydrogens (primary N) is 1. The molecule has 0 atom stereocenters. The quantitative estimate of drug-likeness (QED) is 0.503. The molecule has 0 fully saturated rings. The highest BCUT2D eigenvalue weighted by molar-refractivity contribution is 9.10. The minimum Gasteiger partial charge on any atom is -0.452 e. The van der Waals surface area contributed by atoms with Crippen molar-refractivity contribution in [2.75, 3.05) is 11.9 Å².